The molecule has 1 amide bonds. The number of carbonyl (C=O) groups is 2. The van der Waals surface area contributed by atoms with Crippen LogP contribution < -0.4 is 14.8 Å². The monoisotopic (exact) mass is 410 g/mol. The molecule has 1 aliphatic heterocycles. The molecule has 2 aromatic rings. The zero-order chi connectivity index (χ0) is 21.3. The first-order valence-electron chi connectivity index (χ1n) is 10.4. The van der Waals surface area contributed by atoms with Gasteiger partial charge in [0.05, 0.1) is 7.11 Å². The third-order valence-electron chi connectivity index (χ3n) is 5.36. The summed E-state index contributed by atoms with van der Waals surface area (Å²) in [6.07, 6.45) is 2.20. The number of ether oxygens (including phenoxy) is 2. The van der Waals surface area contributed by atoms with Crippen molar-refractivity contribution in [1.82, 2.24) is 10.2 Å². The van der Waals surface area contributed by atoms with Gasteiger partial charge in [0.15, 0.2) is 23.9 Å². The standard InChI is InChI=1S/C24H30N2O4/c1-18(27)21-9-5-7-19(13-21)15-26-12-6-8-20(16-26)14-25-24(28)17-30-23-11-4-3-10-22(23)29-2/h3-5,7,9-11,13,20H,6,8,12,14-17H2,1-2H3,(H,25,28)/t20-/m0/s1. The third-order valence-corrected chi connectivity index (χ3v) is 5.36. The molecule has 0 bridgehead atoms. The number of benzene rings is 2. The maximum absolute atomic E-state index is 12.2. The Kier molecular flexibility index (Phi) is 7.85. The van der Waals surface area contributed by atoms with Crippen molar-refractivity contribution in [3.05, 3.63) is 59.7 Å². The van der Waals surface area contributed by atoms with Crippen LogP contribution in [0.5, 0.6) is 11.5 Å². The number of hydrogen-bond acceptors (Lipinski definition) is 5. The van der Waals surface area contributed by atoms with Crippen molar-refractivity contribution in [2.45, 2.75) is 26.3 Å². The second-order valence-corrected chi connectivity index (χ2v) is 7.74. The average Bonchev–Trinajstić information content (AvgIpc) is 2.77. The molecule has 0 spiro atoms. The Morgan fingerprint density at radius 2 is 1.93 bits per heavy atom. The fraction of sp³-hybridized carbons (Fsp3) is 0.417. The molecule has 160 valence electrons. The summed E-state index contributed by atoms with van der Waals surface area (Å²) in [5.74, 6) is 1.54. The number of carbonyl (C=O) groups excluding carboxylic acids is 2. The lowest BCUT2D eigenvalue weighted by Crippen LogP contribution is -2.41. The van der Waals surface area contributed by atoms with E-state index in [0.717, 1.165) is 43.6 Å². The number of nitrogens with one attached hydrogen (secondary N) is 1. The fourth-order valence-electron chi connectivity index (χ4n) is 3.80. The highest BCUT2D eigenvalue weighted by atomic mass is 16.5. The van der Waals surface area contributed by atoms with Gasteiger partial charge in [0.25, 0.3) is 5.91 Å². The lowest BCUT2D eigenvalue weighted by molar-refractivity contribution is -0.123. The normalized spacial score (nSPS) is 16.7. The molecule has 6 nitrogen and oxygen atoms in total. The minimum Gasteiger partial charge on any atom is -0.493 e. The summed E-state index contributed by atoms with van der Waals surface area (Å²) >= 11 is 0. The van der Waals surface area contributed by atoms with Gasteiger partial charge < -0.3 is 14.8 Å². The summed E-state index contributed by atoms with van der Waals surface area (Å²) in [7, 11) is 1.58. The highest BCUT2D eigenvalue weighted by Crippen LogP contribution is 2.25. The molecule has 3 rings (SSSR count). The van der Waals surface area contributed by atoms with Gasteiger partial charge in [-0.25, -0.2) is 0 Å². The van der Waals surface area contributed by atoms with Crippen LogP contribution in [0.1, 0.15) is 35.7 Å². The highest BCUT2D eigenvalue weighted by Gasteiger charge is 2.21. The van der Waals surface area contributed by atoms with Gasteiger partial charge in [0, 0.05) is 25.2 Å². The van der Waals surface area contributed by atoms with E-state index in [0.29, 0.717) is 24.0 Å². The first kappa shape index (κ1) is 21.8. The summed E-state index contributed by atoms with van der Waals surface area (Å²) in [5, 5.41) is 2.99. The number of Topliss-reactive ketones (excluding diaryl/α,β-unsaturated/α-hetero) is 1. The van der Waals surface area contributed by atoms with Crippen molar-refractivity contribution in [1.29, 1.82) is 0 Å². The molecule has 1 saturated heterocycles. The van der Waals surface area contributed by atoms with Crippen molar-refractivity contribution < 1.29 is 19.1 Å². The van der Waals surface area contributed by atoms with Crippen LogP contribution in [0, 0.1) is 5.92 Å². The maximum Gasteiger partial charge on any atom is 0.257 e. The lowest BCUT2D eigenvalue weighted by atomic mass is 9.97. The SMILES string of the molecule is COc1ccccc1OCC(=O)NC[C@@H]1CCCN(Cc2cccc(C(C)=O)c2)C1. The van der Waals surface area contributed by atoms with Crippen molar-refractivity contribution in [2.24, 2.45) is 5.92 Å². The van der Waals surface area contributed by atoms with Gasteiger partial charge in [-0.15, -0.1) is 0 Å². The first-order chi connectivity index (χ1) is 14.5. The van der Waals surface area contributed by atoms with Crippen molar-refractivity contribution in [2.75, 3.05) is 33.4 Å². The molecule has 0 saturated carbocycles. The highest BCUT2D eigenvalue weighted by molar-refractivity contribution is 5.94. The number of nitrogens with zero attached hydrogens (tertiary/aromatic N) is 1. The number of rotatable bonds is 9. The van der Waals surface area contributed by atoms with E-state index in [-0.39, 0.29) is 18.3 Å². The van der Waals surface area contributed by atoms with E-state index in [1.54, 1.807) is 26.2 Å². The summed E-state index contributed by atoms with van der Waals surface area (Å²) in [6.45, 7) is 4.98. The van der Waals surface area contributed by atoms with Crippen LogP contribution in [-0.2, 0) is 11.3 Å². The van der Waals surface area contributed by atoms with Crippen LogP contribution in [0.25, 0.3) is 0 Å². The van der Waals surface area contributed by atoms with Crippen molar-refractivity contribution >= 4 is 11.7 Å². The number of hydrogen-bond donors (Lipinski definition) is 1. The molecule has 30 heavy (non-hydrogen) atoms. The van der Waals surface area contributed by atoms with Gasteiger partial charge >= 0.3 is 0 Å². The van der Waals surface area contributed by atoms with Gasteiger partial charge in [-0.05, 0) is 56.0 Å². The van der Waals surface area contributed by atoms with Crippen molar-refractivity contribution in [3.8, 4) is 11.5 Å². The molecule has 1 atom stereocenters. The van der Waals surface area contributed by atoms with Gasteiger partial charge in [0.1, 0.15) is 0 Å². The smallest absolute Gasteiger partial charge is 0.257 e. The average molecular weight is 411 g/mol. The Balaban J connectivity index is 1.44. The van der Waals surface area contributed by atoms with E-state index in [9.17, 15) is 9.59 Å². The van der Waals surface area contributed by atoms with Gasteiger partial charge in [-0.2, -0.15) is 0 Å². The Hall–Kier alpha value is -2.86. The second kappa shape index (κ2) is 10.8. The van der Waals surface area contributed by atoms with Crippen LogP contribution in [0.4, 0.5) is 0 Å². The molecule has 1 aliphatic rings. The predicted molar refractivity (Wildman–Crippen MR) is 116 cm³/mol. The first-order valence-corrected chi connectivity index (χ1v) is 10.4. The molecule has 0 aliphatic carbocycles. The maximum atomic E-state index is 12.2. The lowest BCUT2D eigenvalue weighted by Gasteiger charge is -2.33. The number of amides is 1. The number of methoxy groups -OCH3 is 1. The molecule has 0 unspecified atom stereocenters. The Bertz CT molecular complexity index is 868. The van der Waals surface area contributed by atoms with E-state index in [4.69, 9.17) is 9.47 Å². The summed E-state index contributed by atoms with van der Waals surface area (Å²) < 4.78 is 10.8. The van der Waals surface area contributed by atoms with Crippen LogP contribution in [0.3, 0.4) is 0 Å². The molecule has 1 N–H and O–H groups in total. The Morgan fingerprint density at radius 3 is 2.70 bits per heavy atom. The van der Waals surface area contributed by atoms with Crippen molar-refractivity contribution in [3.63, 3.8) is 0 Å². The molecule has 1 fully saturated rings. The largest absolute Gasteiger partial charge is 0.493 e. The number of likely N-dealkylation sites (tertiary alicyclic amines) is 1. The number of piperidine rings is 1. The Labute approximate surface area is 178 Å². The topological polar surface area (TPSA) is 67.9 Å². The minimum atomic E-state index is -0.132. The second-order valence-electron chi connectivity index (χ2n) is 7.74. The zero-order valence-corrected chi connectivity index (χ0v) is 17.7. The molecular formula is C24H30N2O4. The molecular weight excluding hydrogens is 380 g/mol. The van der Waals surface area contributed by atoms with Crippen LogP contribution in [-0.4, -0.2) is 49.9 Å². The Morgan fingerprint density at radius 1 is 1.13 bits per heavy atom. The van der Waals surface area contributed by atoms with E-state index < -0.39 is 0 Å². The van der Waals surface area contributed by atoms with Gasteiger partial charge in [-0.3, -0.25) is 14.5 Å². The molecule has 6 heteroatoms. The quantitative estimate of drug-likeness (QED) is 0.643. The molecule has 0 aromatic heterocycles. The van der Waals surface area contributed by atoms with E-state index in [1.165, 1.54) is 0 Å². The zero-order valence-electron chi connectivity index (χ0n) is 17.7. The summed E-state index contributed by atoms with van der Waals surface area (Å²) in [5.41, 5.74) is 1.90. The fourth-order valence-corrected chi connectivity index (χ4v) is 3.80. The van der Waals surface area contributed by atoms with Crippen LogP contribution >= 0.6 is 0 Å². The third kappa shape index (κ3) is 6.32. The van der Waals surface area contributed by atoms with E-state index >= 15 is 0 Å². The van der Waals surface area contributed by atoms with Crippen LogP contribution in [0.15, 0.2) is 48.5 Å². The van der Waals surface area contributed by atoms with Crippen LogP contribution in [0.2, 0.25) is 0 Å². The minimum absolute atomic E-state index is 0.0331. The molecule has 2 aromatic carbocycles. The van der Waals surface area contributed by atoms with E-state index in [2.05, 4.69) is 16.3 Å². The number of ketones is 1. The van der Waals surface area contributed by atoms with Gasteiger partial charge in [-0.1, -0.05) is 30.3 Å². The van der Waals surface area contributed by atoms with E-state index in [1.807, 2.05) is 30.3 Å². The molecule has 0 radical (unpaired) electrons. The number of para-hydroxylation sites is 2. The summed E-state index contributed by atoms with van der Waals surface area (Å²) in [6, 6.07) is 15.1. The summed E-state index contributed by atoms with van der Waals surface area (Å²) in [4.78, 5) is 26.2. The van der Waals surface area contributed by atoms with Gasteiger partial charge in [0.2, 0.25) is 0 Å². The predicted octanol–water partition coefficient (Wildman–Crippen LogP) is 3.31. The molecule has 1 heterocycles.